The van der Waals surface area contributed by atoms with Gasteiger partial charge >= 0.3 is 0 Å². The van der Waals surface area contributed by atoms with Crippen molar-refractivity contribution in [1.82, 2.24) is 19.5 Å². The first-order valence-corrected chi connectivity index (χ1v) is 19.7. The molecule has 5 heteroatoms. The van der Waals surface area contributed by atoms with E-state index in [0.717, 1.165) is 43.2 Å². The molecule has 0 spiro atoms. The maximum atomic E-state index is 5.30. The minimum absolute atomic E-state index is 0.653. The minimum Gasteiger partial charge on any atom is -0.309 e. The molecule has 0 fully saturated rings. The molecular formula is C51H30N4S. The highest BCUT2D eigenvalue weighted by Crippen LogP contribution is 2.45. The summed E-state index contributed by atoms with van der Waals surface area (Å²) in [6.45, 7) is 0. The average Bonchev–Trinajstić information content (AvgIpc) is 3.82. The predicted molar refractivity (Wildman–Crippen MR) is 236 cm³/mol. The number of rotatable bonds is 4. The van der Waals surface area contributed by atoms with Crippen LogP contribution in [-0.4, -0.2) is 19.5 Å². The SMILES string of the molecule is c1ccc2cc(-c3nc(-c4ccc5ccccc5c4)nc(-c4cc5ccccc5c5c4sc4cc(-n6c7ccccc7c7ccccc76)ccc45)n3)ccc2c1. The second kappa shape index (κ2) is 12.2. The van der Waals surface area contributed by atoms with Crippen molar-refractivity contribution in [1.29, 1.82) is 0 Å². The van der Waals surface area contributed by atoms with E-state index in [1.165, 1.54) is 53.4 Å². The molecule has 0 aliphatic carbocycles. The number of hydrogen-bond acceptors (Lipinski definition) is 4. The molecule has 0 saturated carbocycles. The van der Waals surface area contributed by atoms with Crippen molar-refractivity contribution >= 4 is 85.6 Å². The minimum atomic E-state index is 0.653. The summed E-state index contributed by atoms with van der Waals surface area (Å²) in [5, 5.41) is 12.0. The lowest BCUT2D eigenvalue weighted by atomic mass is 9.99. The molecule has 0 radical (unpaired) electrons. The van der Waals surface area contributed by atoms with Crippen LogP contribution in [0.25, 0.3) is 114 Å². The molecule has 0 aliphatic rings. The molecule has 3 heterocycles. The van der Waals surface area contributed by atoms with Gasteiger partial charge in [-0.1, -0.05) is 140 Å². The highest BCUT2D eigenvalue weighted by molar-refractivity contribution is 7.26. The van der Waals surface area contributed by atoms with Crippen molar-refractivity contribution in [3.05, 3.63) is 182 Å². The van der Waals surface area contributed by atoms with E-state index in [1.807, 2.05) is 11.3 Å². The molecule has 9 aromatic carbocycles. The van der Waals surface area contributed by atoms with Crippen LogP contribution in [0.5, 0.6) is 0 Å². The van der Waals surface area contributed by atoms with Crippen LogP contribution in [0, 0.1) is 0 Å². The normalized spacial score (nSPS) is 11.9. The Morgan fingerprint density at radius 3 is 1.52 bits per heavy atom. The molecule has 0 N–H and O–H groups in total. The van der Waals surface area contributed by atoms with Crippen molar-refractivity contribution in [2.24, 2.45) is 0 Å². The largest absolute Gasteiger partial charge is 0.309 e. The van der Waals surface area contributed by atoms with Crippen molar-refractivity contribution in [2.75, 3.05) is 0 Å². The summed E-state index contributed by atoms with van der Waals surface area (Å²) in [4.78, 5) is 15.8. The van der Waals surface area contributed by atoms with E-state index in [2.05, 4.69) is 187 Å². The van der Waals surface area contributed by atoms with Gasteiger partial charge in [0, 0.05) is 53.3 Å². The number of thiophene rings is 1. The van der Waals surface area contributed by atoms with Crippen LogP contribution in [0.1, 0.15) is 0 Å². The van der Waals surface area contributed by atoms with E-state index in [9.17, 15) is 0 Å². The molecular weight excluding hydrogens is 701 g/mol. The summed E-state index contributed by atoms with van der Waals surface area (Å²) in [5.74, 6) is 1.97. The van der Waals surface area contributed by atoms with Gasteiger partial charge in [-0.25, -0.2) is 15.0 Å². The lowest BCUT2D eigenvalue weighted by Crippen LogP contribution is -2.00. The number of aromatic nitrogens is 4. The van der Waals surface area contributed by atoms with Crippen molar-refractivity contribution in [3.8, 4) is 39.9 Å². The first-order valence-electron chi connectivity index (χ1n) is 18.8. The van der Waals surface area contributed by atoms with Gasteiger partial charge in [-0.05, 0) is 74.8 Å². The van der Waals surface area contributed by atoms with Gasteiger partial charge in [0.1, 0.15) is 0 Å². The van der Waals surface area contributed by atoms with Crippen LogP contribution < -0.4 is 0 Å². The third-order valence-electron chi connectivity index (χ3n) is 11.2. The smallest absolute Gasteiger partial charge is 0.165 e. The Morgan fingerprint density at radius 2 is 0.893 bits per heavy atom. The fourth-order valence-electron chi connectivity index (χ4n) is 8.53. The van der Waals surface area contributed by atoms with Gasteiger partial charge < -0.3 is 4.57 Å². The molecule has 0 unspecified atom stereocenters. The molecule has 0 saturated heterocycles. The number of para-hydroxylation sites is 2. The van der Waals surface area contributed by atoms with Gasteiger partial charge in [0.05, 0.1) is 11.0 Å². The maximum Gasteiger partial charge on any atom is 0.165 e. The van der Waals surface area contributed by atoms with Gasteiger partial charge in [-0.3, -0.25) is 0 Å². The fraction of sp³-hybridized carbons (Fsp3) is 0. The molecule has 0 atom stereocenters. The Kier molecular flexibility index (Phi) is 6.76. The van der Waals surface area contributed by atoms with E-state index in [0.29, 0.717) is 17.5 Å². The van der Waals surface area contributed by atoms with E-state index >= 15 is 0 Å². The Bertz CT molecular complexity index is 3410. The molecule has 260 valence electrons. The topological polar surface area (TPSA) is 43.6 Å². The Hall–Kier alpha value is -7.21. The van der Waals surface area contributed by atoms with Gasteiger partial charge in [0.15, 0.2) is 17.5 Å². The molecule has 0 amide bonds. The van der Waals surface area contributed by atoms with Crippen LogP contribution in [0.2, 0.25) is 0 Å². The summed E-state index contributed by atoms with van der Waals surface area (Å²) in [6.07, 6.45) is 0. The van der Waals surface area contributed by atoms with E-state index in [1.54, 1.807) is 0 Å². The summed E-state index contributed by atoms with van der Waals surface area (Å²) in [7, 11) is 0. The van der Waals surface area contributed by atoms with E-state index < -0.39 is 0 Å². The second-order valence-electron chi connectivity index (χ2n) is 14.4. The van der Waals surface area contributed by atoms with Crippen LogP contribution in [-0.2, 0) is 0 Å². The quantitative estimate of drug-likeness (QED) is 0.181. The van der Waals surface area contributed by atoms with Crippen molar-refractivity contribution in [3.63, 3.8) is 0 Å². The zero-order valence-electron chi connectivity index (χ0n) is 30.0. The summed E-state index contributed by atoms with van der Waals surface area (Å²) in [6, 6.07) is 65.0. The predicted octanol–water partition coefficient (Wildman–Crippen LogP) is 13.8. The molecule has 3 aromatic heterocycles. The van der Waals surface area contributed by atoms with Crippen LogP contribution in [0.15, 0.2) is 182 Å². The van der Waals surface area contributed by atoms with Gasteiger partial charge in [0.2, 0.25) is 0 Å². The van der Waals surface area contributed by atoms with Crippen molar-refractivity contribution in [2.45, 2.75) is 0 Å². The highest BCUT2D eigenvalue weighted by atomic mass is 32.1. The molecule has 12 rings (SSSR count). The molecule has 12 aromatic rings. The maximum absolute atomic E-state index is 5.30. The Balaban J connectivity index is 1.12. The average molecular weight is 731 g/mol. The molecule has 0 aliphatic heterocycles. The highest BCUT2D eigenvalue weighted by Gasteiger charge is 2.20. The number of nitrogens with zero attached hydrogens (tertiary/aromatic N) is 4. The lowest BCUT2D eigenvalue weighted by Gasteiger charge is -2.11. The summed E-state index contributed by atoms with van der Waals surface area (Å²) in [5.41, 5.74) is 6.47. The monoisotopic (exact) mass is 730 g/mol. The van der Waals surface area contributed by atoms with Crippen LogP contribution >= 0.6 is 11.3 Å². The summed E-state index contributed by atoms with van der Waals surface area (Å²) < 4.78 is 4.78. The van der Waals surface area contributed by atoms with Crippen LogP contribution in [0.4, 0.5) is 0 Å². The van der Waals surface area contributed by atoms with E-state index in [4.69, 9.17) is 15.0 Å². The summed E-state index contributed by atoms with van der Waals surface area (Å²) >= 11 is 1.81. The van der Waals surface area contributed by atoms with Gasteiger partial charge in [-0.15, -0.1) is 11.3 Å². The Morgan fingerprint density at radius 1 is 0.375 bits per heavy atom. The standard InChI is InChI=1S/C51H30N4S/c1-3-13-33-27-36(23-21-31(33)11-1)49-52-50(37-24-22-32-12-2-4-14-34(32)28-37)54-51(53-49)43-29-35-15-5-6-16-39(35)47-42-26-25-38(30-46(42)56-48(43)47)55-44-19-9-7-17-40(44)41-18-8-10-20-45(41)55/h1-30H. The first-order chi connectivity index (χ1) is 27.7. The number of hydrogen-bond donors (Lipinski definition) is 0. The van der Waals surface area contributed by atoms with Crippen LogP contribution in [0.3, 0.4) is 0 Å². The molecule has 0 bridgehead atoms. The molecule has 4 nitrogen and oxygen atoms in total. The number of fused-ring (bicyclic) bond motifs is 10. The van der Waals surface area contributed by atoms with Gasteiger partial charge in [0.25, 0.3) is 0 Å². The third kappa shape index (κ3) is 4.81. The lowest BCUT2D eigenvalue weighted by molar-refractivity contribution is 1.08. The van der Waals surface area contributed by atoms with Crippen molar-refractivity contribution < 1.29 is 0 Å². The zero-order chi connectivity index (χ0) is 36.7. The van der Waals surface area contributed by atoms with E-state index in [-0.39, 0.29) is 0 Å². The van der Waals surface area contributed by atoms with Gasteiger partial charge in [-0.2, -0.15) is 0 Å². The first kappa shape index (κ1) is 31.2. The number of benzene rings is 9. The fourth-order valence-corrected chi connectivity index (χ4v) is 9.79. The second-order valence-corrected chi connectivity index (χ2v) is 15.5. The third-order valence-corrected chi connectivity index (χ3v) is 12.4. The molecule has 56 heavy (non-hydrogen) atoms. The Labute approximate surface area is 325 Å². The zero-order valence-corrected chi connectivity index (χ0v) is 30.8.